The fourth-order valence-corrected chi connectivity index (χ4v) is 1.33. The topological polar surface area (TPSA) is 75.3 Å². The van der Waals surface area contributed by atoms with E-state index in [1.165, 1.54) is 0 Å². The summed E-state index contributed by atoms with van der Waals surface area (Å²) in [6.07, 6.45) is 0.544. The Bertz CT molecular complexity index is 339. The van der Waals surface area contributed by atoms with Gasteiger partial charge in [-0.15, -0.1) is 0 Å². The van der Waals surface area contributed by atoms with Crippen LogP contribution >= 0.6 is 0 Å². The standard InChI is InChI=1S/C11H16N2O2/c1-2-10(11(14)15)13-9-5-3-4-8(6-9)7-12/h3-6,10,13H,2,7,12H2,1H3,(H,14,15)/t10-/m1/s1. The van der Waals surface area contributed by atoms with Crippen molar-refractivity contribution >= 4 is 11.7 Å². The number of rotatable bonds is 5. The molecule has 0 radical (unpaired) electrons. The van der Waals surface area contributed by atoms with E-state index in [0.29, 0.717) is 13.0 Å². The summed E-state index contributed by atoms with van der Waals surface area (Å²) in [7, 11) is 0. The lowest BCUT2D eigenvalue weighted by molar-refractivity contribution is -0.137. The highest BCUT2D eigenvalue weighted by molar-refractivity contribution is 5.77. The van der Waals surface area contributed by atoms with Crippen LogP contribution in [-0.2, 0) is 11.3 Å². The Morgan fingerprint density at radius 3 is 2.87 bits per heavy atom. The maximum Gasteiger partial charge on any atom is 0.326 e. The summed E-state index contributed by atoms with van der Waals surface area (Å²) in [6, 6.07) is 6.93. The molecular formula is C11H16N2O2. The lowest BCUT2D eigenvalue weighted by Gasteiger charge is -2.14. The van der Waals surface area contributed by atoms with E-state index in [1.54, 1.807) is 0 Å². The summed E-state index contributed by atoms with van der Waals surface area (Å²) in [4.78, 5) is 10.8. The van der Waals surface area contributed by atoms with E-state index < -0.39 is 12.0 Å². The average molecular weight is 208 g/mol. The van der Waals surface area contributed by atoms with Crippen molar-refractivity contribution in [2.75, 3.05) is 5.32 Å². The van der Waals surface area contributed by atoms with Gasteiger partial charge in [-0.1, -0.05) is 19.1 Å². The van der Waals surface area contributed by atoms with Gasteiger partial charge in [0, 0.05) is 12.2 Å². The lowest BCUT2D eigenvalue weighted by atomic mass is 10.1. The molecule has 0 aromatic heterocycles. The average Bonchev–Trinajstić information content (AvgIpc) is 2.25. The fourth-order valence-electron chi connectivity index (χ4n) is 1.33. The largest absolute Gasteiger partial charge is 0.480 e. The second-order valence-corrected chi connectivity index (χ2v) is 3.35. The van der Waals surface area contributed by atoms with E-state index in [2.05, 4.69) is 5.32 Å². The number of hydrogen-bond donors (Lipinski definition) is 3. The zero-order valence-corrected chi connectivity index (χ0v) is 8.73. The van der Waals surface area contributed by atoms with Gasteiger partial charge in [-0.25, -0.2) is 4.79 Å². The predicted molar refractivity (Wildman–Crippen MR) is 59.7 cm³/mol. The molecule has 0 bridgehead atoms. The third kappa shape index (κ3) is 3.25. The molecule has 4 nitrogen and oxygen atoms in total. The number of nitrogens with two attached hydrogens (primary N) is 1. The molecule has 82 valence electrons. The SMILES string of the molecule is CC[C@@H](Nc1cccc(CN)c1)C(=O)O. The first-order chi connectivity index (χ1) is 7.17. The van der Waals surface area contributed by atoms with Gasteiger partial charge in [0.2, 0.25) is 0 Å². The molecular weight excluding hydrogens is 192 g/mol. The first-order valence-electron chi connectivity index (χ1n) is 4.95. The number of carboxylic acid groups (broad SMARTS) is 1. The molecule has 0 amide bonds. The molecule has 0 fully saturated rings. The normalized spacial score (nSPS) is 12.1. The van der Waals surface area contributed by atoms with Gasteiger partial charge >= 0.3 is 5.97 Å². The highest BCUT2D eigenvalue weighted by Crippen LogP contribution is 2.12. The first kappa shape index (κ1) is 11.5. The Labute approximate surface area is 89.1 Å². The van der Waals surface area contributed by atoms with Crippen molar-refractivity contribution in [2.24, 2.45) is 5.73 Å². The third-order valence-electron chi connectivity index (χ3n) is 2.21. The van der Waals surface area contributed by atoms with Crippen molar-refractivity contribution in [3.8, 4) is 0 Å². The summed E-state index contributed by atoms with van der Waals surface area (Å²) in [5.74, 6) is -0.837. The van der Waals surface area contributed by atoms with Crippen molar-refractivity contribution in [1.29, 1.82) is 0 Å². The number of anilines is 1. The highest BCUT2D eigenvalue weighted by atomic mass is 16.4. The van der Waals surface area contributed by atoms with Gasteiger partial charge in [0.05, 0.1) is 0 Å². The second-order valence-electron chi connectivity index (χ2n) is 3.35. The molecule has 4 N–H and O–H groups in total. The Hall–Kier alpha value is -1.55. The maximum absolute atomic E-state index is 10.8. The molecule has 0 spiro atoms. The van der Waals surface area contributed by atoms with Crippen LogP contribution in [0, 0.1) is 0 Å². The van der Waals surface area contributed by atoms with E-state index in [1.807, 2.05) is 31.2 Å². The molecule has 1 rings (SSSR count). The predicted octanol–water partition coefficient (Wildman–Crippen LogP) is 1.42. The molecule has 4 heteroatoms. The molecule has 15 heavy (non-hydrogen) atoms. The van der Waals surface area contributed by atoms with Crippen molar-refractivity contribution in [1.82, 2.24) is 0 Å². The molecule has 0 saturated carbocycles. The highest BCUT2D eigenvalue weighted by Gasteiger charge is 2.13. The number of aliphatic carboxylic acids is 1. The zero-order valence-electron chi connectivity index (χ0n) is 8.73. The molecule has 1 atom stereocenters. The third-order valence-corrected chi connectivity index (χ3v) is 2.21. The van der Waals surface area contributed by atoms with E-state index in [0.717, 1.165) is 11.3 Å². The van der Waals surface area contributed by atoms with Crippen LogP contribution in [0.1, 0.15) is 18.9 Å². The molecule has 0 heterocycles. The number of carbonyl (C=O) groups is 1. The molecule has 0 aliphatic carbocycles. The van der Waals surface area contributed by atoms with Crippen LogP contribution in [0.25, 0.3) is 0 Å². The summed E-state index contributed by atoms with van der Waals surface area (Å²) in [5.41, 5.74) is 7.28. The Balaban J connectivity index is 2.74. The Kier molecular flexibility index (Phi) is 4.12. The molecule has 0 unspecified atom stereocenters. The van der Waals surface area contributed by atoms with Crippen LogP contribution < -0.4 is 11.1 Å². The van der Waals surface area contributed by atoms with Crippen molar-refractivity contribution in [2.45, 2.75) is 25.9 Å². The second kappa shape index (κ2) is 5.36. The van der Waals surface area contributed by atoms with Crippen LogP contribution in [0.3, 0.4) is 0 Å². The van der Waals surface area contributed by atoms with Gasteiger partial charge in [-0.05, 0) is 24.1 Å². The quantitative estimate of drug-likeness (QED) is 0.684. The van der Waals surface area contributed by atoms with E-state index in [-0.39, 0.29) is 0 Å². The fraction of sp³-hybridized carbons (Fsp3) is 0.364. The first-order valence-corrected chi connectivity index (χ1v) is 4.95. The summed E-state index contributed by atoms with van der Waals surface area (Å²) >= 11 is 0. The Morgan fingerprint density at radius 1 is 1.60 bits per heavy atom. The molecule has 0 aliphatic heterocycles. The van der Waals surface area contributed by atoms with Crippen molar-refractivity contribution in [3.63, 3.8) is 0 Å². The number of benzene rings is 1. The zero-order chi connectivity index (χ0) is 11.3. The van der Waals surface area contributed by atoms with E-state index in [4.69, 9.17) is 10.8 Å². The van der Waals surface area contributed by atoms with Crippen LogP contribution in [-0.4, -0.2) is 17.1 Å². The maximum atomic E-state index is 10.8. The lowest BCUT2D eigenvalue weighted by Crippen LogP contribution is -2.28. The number of nitrogens with one attached hydrogen (secondary N) is 1. The van der Waals surface area contributed by atoms with Crippen molar-refractivity contribution in [3.05, 3.63) is 29.8 Å². The molecule has 0 saturated heterocycles. The van der Waals surface area contributed by atoms with Gasteiger partial charge < -0.3 is 16.2 Å². The van der Waals surface area contributed by atoms with Gasteiger partial charge in [-0.2, -0.15) is 0 Å². The summed E-state index contributed by atoms with van der Waals surface area (Å²) in [6.45, 7) is 2.29. The monoisotopic (exact) mass is 208 g/mol. The molecule has 1 aromatic rings. The summed E-state index contributed by atoms with van der Waals surface area (Å²) in [5, 5.41) is 11.8. The minimum Gasteiger partial charge on any atom is -0.480 e. The van der Waals surface area contributed by atoms with Gasteiger partial charge in [-0.3, -0.25) is 0 Å². The van der Waals surface area contributed by atoms with Crippen LogP contribution in [0.5, 0.6) is 0 Å². The molecule has 1 aromatic carbocycles. The smallest absolute Gasteiger partial charge is 0.326 e. The van der Waals surface area contributed by atoms with E-state index >= 15 is 0 Å². The Morgan fingerprint density at radius 2 is 2.33 bits per heavy atom. The van der Waals surface area contributed by atoms with E-state index in [9.17, 15) is 4.79 Å². The van der Waals surface area contributed by atoms with Gasteiger partial charge in [0.15, 0.2) is 0 Å². The van der Waals surface area contributed by atoms with Gasteiger partial charge in [0.25, 0.3) is 0 Å². The van der Waals surface area contributed by atoms with Crippen LogP contribution in [0.2, 0.25) is 0 Å². The van der Waals surface area contributed by atoms with Crippen LogP contribution in [0.4, 0.5) is 5.69 Å². The minimum absolute atomic E-state index is 0.458. The van der Waals surface area contributed by atoms with Crippen molar-refractivity contribution < 1.29 is 9.90 Å². The summed E-state index contributed by atoms with van der Waals surface area (Å²) < 4.78 is 0. The number of hydrogen-bond acceptors (Lipinski definition) is 3. The van der Waals surface area contributed by atoms with Crippen LogP contribution in [0.15, 0.2) is 24.3 Å². The minimum atomic E-state index is -0.837. The molecule has 0 aliphatic rings. The van der Waals surface area contributed by atoms with Gasteiger partial charge in [0.1, 0.15) is 6.04 Å². The number of carboxylic acids is 1.